The smallest absolute Gasteiger partial charge is 0.0790 e. The Morgan fingerprint density at radius 1 is 1.62 bits per heavy atom. The van der Waals surface area contributed by atoms with Gasteiger partial charge in [-0.2, -0.15) is 0 Å². The number of rotatable bonds is 1. The molecule has 8 heavy (non-hydrogen) atoms. The van der Waals surface area contributed by atoms with Crippen LogP contribution in [0.4, 0.5) is 0 Å². The van der Waals surface area contributed by atoms with Crippen LogP contribution in [0.2, 0.25) is 0 Å². The van der Waals surface area contributed by atoms with E-state index in [1.807, 2.05) is 0 Å². The first-order valence-electron chi connectivity index (χ1n) is 3.30. The molecule has 1 rings (SSSR count). The molecule has 2 heteroatoms. The Balaban J connectivity index is 2.13. The molecular weight excluding hydrogens is 102 g/mol. The van der Waals surface area contributed by atoms with Crippen molar-refractivity contribution in [3.8, 4) is 0 Å². The minimum Gasteiger partial charge on any atom is -0.381 e. The highest BCUT2D eigenvalue weighted by Gasteiger charge is 2.12. The van der Waals surface area contributed by atoms with Gasteiger partial charge in [-0.25, -0.2) is 0 Å². The summed E-state index contributed by atoms with van der Waals surface area (Å²) in [4.78, 5) is 0. The zero-order chi connectivity index (χ0) is 5.82. The molecule has 0 aromatic carbocycles. The number of quaternary nitrogens is 1. The van der Waals surface area contributed by atoms with Crippen LogP contribution in [-0.4, -0.2) is 19.8 Å². The van der Waals surface area contributed by atoms with Crippen molar-refractivity contribution in [2.75, 3.05) is 19.8 Å². The predicted octanol–water partition coefficient (Wildman–Crippen LogP) is -0.345. The van der Waals surface area contributed by atoms with E-state index in [-0.39, 0.29) is 0 Å². The van der Waals surface area contributed by atoms with Gasteiger partial charge in [0.1, 0.15) is 0 Å². The Morgan fingerprint density at radius 3 is 2.88 bits per heavy atom. The molecule has 48 valence electrons. The molecule has 1 saturated heterocycles. The second-order valence-electron chi connectivity index (χ2n) is 2.37. The van der Waals surface area contributed by atoms with Crippen molar-refractivity contribution in [2.24, 2.45) is 5.92 Å². The van der Waals surface area contributed by atoms with Gasteiger partial charge >= 0.3 is 0 Å². The lowest BCUT2D eigenvalue weighted by atomic mass is 10.0. The summed E-state index contributed by atoms with van der Waals surface area (Å²) in [6.45, 7) is 2.96. The molecule has 1 atom stereocenters. The van der Waals surface area contributed by atoms with Crippen LogP contribution in [0.5, 0.6) is 0 Å². The summed E-state index contributed by atoms with van der Waals surface area (Å²) in [5.41, 5.74) is 3.83. The molecule has 0 unspecified atom stereocenters. The summed E-state index contributed by atoms with van der Waals surface area (Å²) in [7, 11) is 0. The maximum atomic E-state index is 5.23. The molecule has 1 aliphatic rings. The lowest BCUT2D eigenvalue weighted by Gasteiger charge is -2.17. The summed E-state index contributed by atoms with van der Waals surface area (Å²) >= 11 is 0. The maximum Gasteiger partial charge on any atom is 0.0790 e. The fourth-order valence-electron chi connectivity index (χ4n) is 1.04. The topological polar surface area (TPSA) is 36.9 Å². The number of hydrogen-bond donors (Lipinski definition) is 1. The Kier molecular flexibility index (Phi) is 2.30. The summed E-state index contributed by atoms with van der Waals surface area (Å²) in [6.07, 6.45) is 2.56. The first-order valence-corrected chi connectivity index (χ1v) is 3.30. The summed E-state index contributed by atoms with van der Waals surface area (Å²) in [5, 5.41) is 0. The molecule has 0 aromatic heterocycles. The minimum atomic E-state index is 0.753. The van der Waals surface area contributed by atoms with Gasteiger partial charge in [0.05, 0.1) is 13.2 Å². The number of ether oxygens (including phenoxy) is 1. The van der Waals surface area contributed by atoms with E-state index < -0.39 is 0 Å². The van der Waals surface area contributed by atoms with Crippen molar-refractivity contribution < 1.29 is 10.5 Å². The molecule has 0 saturated carbocycles. The standard InChI is InChI=1S/C6H13NO/c7-4-6-2-1-3-8-5-6/h6H,1-5,7H2/p+1/t6-/m1/s1. The molecule has 0 bridgehead atoms. The van der Waals surface area contributed by atoms with Gasteiger partial charge in [-0.1, -0.05) is 0 Å². The highest BCUT2D eigenvalue weighted by Crippen LogP contribution is 2.10. The van der Waals surface area contributed by atoms with Gasteiger partial charge in [0, 0.05) is 12.5 Å². The summed E-state index contributed by atoms with van der Waals surface area (Å²) in [6, 6.07) is 0. The van der Waals surface area contributed by atoms with Crippen LogP contribution in [0.25, 0.3) is 0 Å². The fourth-order valence-corrected chi connectivity index (χ4v) is 1.04. The van der Waals surface area contributed by atoms with E-state index in [1.165, 1.54) is 12.8 Å². The van der Waals surface area contributed by atoms with Crippen LogP contribution in [0.3, 0.4) is 0 Å². The maximum absolute atomic E-state index is 5.23. The second-order valence-corrected chi connectivity index (χ2v) is 2.37. The van der Waals surface area contributed by atoms with Crippen LogP contribution >= 0.6 is 0 Å². The van der Waals surface area contributed by atoms with E-state index in [2.05, 4.69) is 5.73 Å². The zero-order valence-electron chi connectivity index (χ0n) is 5.23. The third-order valence-corrected chi connectivity index (χ3v) is 1.66. The van der Waals surface area contributed by atoms with E-state index in [0.717, 1.165) is 25.7 Å². The van der Waals surface area contributed by atoms with E-state index in [4.69, 9.17) is 4.74 Å². The molecule has 3 N–H and O–H groups in total. The van der Waals surface area contributed by atoms with E-state index in [9.17, 15) is 0 Å². The number of hydrogen-bond acceptors (Lipinski definition) is 1. The van der Waals surface area contributed by atoms with Crippen molar-refractivity contribution in [3.63, 3.8) is 0 Å². The molecule has 0 aromatic rings. The van der Waals surface area contributed by atoms with Crippen molar-refractivity contribution in [1.82, 2.24) is 0 Å². The monoisotopic (exact) mass is 116 g/mol. The summed E-state index contributed by atoms with van der Waals surface area (Å²) < 4.78 is 5.23. The molecule has 0 radical (unpaired) electrons. The van der Waals surface area contributed by atoms with Gasteiger partial charge in [-0.3, -0.25) is 0 Å². The third kappa shape index (κ3) is 1.46. The molecule has 1 heterocycles. The second kappa shape index (κ2) is 3.05. The van der Waals surface area contributed by atoms with Gasteiger partial charge in [-0.05, 0) is 12.8 Å². The van der Waals surface area contributed by atoms with E-state index in [1.54, 1.807) is 0 Å². The molecule has 0 spiro atoms. The molecule has 1 aliphatic heterocycles. The van der Waals surface area contributed by atoms with Crippen LogP contribution < -0.4 is 5.73 Å². The first-order chi connectivity index (χ1) is 3.93. The fraction of sp³-hybridized carbons (Fsp3) is 1.00. The Bertz CT molecular complexity index is 59.5. The molecule has 0 aliphatic carbocycles. The highest BCUT2D eigenvalue weighted by atomic mass is 16.5. The zero-order valence-corrected chi connectivity index (χ0v) is 5.23. The normalized spacial score (nSPS) is 30.4. The van der Waals surface area contributed by atoms with Crippen molar-refractivity contribution in [3.05, 3.63) is 0 Å². The van der Waals surface area contributed by atoms with Gasteiger partial charge in [-0.15, -0.1) is 0 Å². The Hall–Kier alpha value is -0.0800. The molecule has 0 amide bonds. The average molecular weight is 116 g/mol. The third-order valence-electron chi connectivity index (χ3n) is 1.66. The predicted molar refractivity (Wildman–Crippen MR) is 31.3 cm³/mol. The summed E-state index contributed by atoms with van der Waals surface area (Å²) in [5.74, 6) is 0.753. The first kappa shape index (κ1) is 6.05. The van der Waals surface area contributed by atoms with Gasteiger partial charge in [0.15, 0.2) is 0 Å². The lowest BCUT2D eigenvalue weighted by molar-refractivity contribution is -0.382. The Labute approximate surface area is 50.0 Å². The SMILES string of the molecule is [NH3+]C[C@H]1CCCOC1. The molecular formula is C6H14NO+. The van der Waals surface area contributed by atoms with Crippen LogP contribution in [0, 0.1) is 5.92 Å². The largest absolute Gasteiger partial charge is 0.381 e. The quantitative estimate of drug-likeness (QED) is 0.499. The minimum absolute atomic E-state index is 0.753. The van der Waals surface area contributed by atoms with Crippen molar-refractivity contribution in [1.29, 1.82) is 0 Å². The van der Waals surface area contributed by atoms with E-state index >= 15 is 0 Å². The highest BCUT2D eigenvalue weighted by molar-refractivity contribution is 4.59. The Morgan fingerprint density at radius 2 is 2.50 bits per heavy atom. The van der Waals surface area contributed by atoms with Crippen LogP contribution in [0.1, 0.15) is 12.8 Å². The van der Waals surface area contributed by atoms with E-state index in [0.29, 0.717) is 0 Å². The average Bonchev–Trinajstić information content (AvgIpc) is 1.90. The lowest BCUT2D eigenvalue weighted by Crippen LogP contribution is -2.55. The molecule has 2 nitrogen and oxygen atoms in total. The van der Waals surface area contributed by atoms with Gasteiger partial charge < -0.3 is 10.5 Å². The van der Waals surface area contributed by atoms with Crippen LogP contribution in [0.15, 0.2) is 0 Å². The van der Waals surface area contributed by atoms with Gasteiger partial charge in [0.25, 0.3) is 0 Å². The van der Waals surface area contributed by atoms with Crippen molar-refractivity contribution >= 4 is 0 Å². The van der Waals surface area contributed by atoms with Crippen molar-refractivity contribution in [2.45, 2.75) is 12.8 Å². The van der Waals surface area contributed by atoms with Crippen LogP contribution in [-0.2, 0) is 4.74 Å². The molecule has 1 fully saturated rings. The van der Waals surface area contributed by atoms with Gasteiger partial charge in [0.2, 0.25) is 0 Å².